The fourth-order valence-electron chi connectivity index (χ4n) is 0.787. The van der Waals surface area contributed by atoms with Crippen LogP contribution in [0.3, 0.4) is 0 Å². The monoisotopic (exact) mass is 133 g/mol. The Bertz CT molecular complexity index is 63.4. The Morgan fingerprint density at radius 1 is 1.38 bits per heavy atom. The highest BCUT2D eigenvalue weighted by molar-refractivity contribution is 7.34. The summed E-state index contributed by atoms with van der Waals surface area (Å²) in [6.45, 7) is 6.34. The molecule has 0 radical (unpaired) electrons. The molecule has 1 fully saturated rings. The van der Waals surface area contributed by atoms with Crippen molar-refractivity contribution in [2.45, 2.75) is 0 Å². The van der Waals surface area contributed by atoms with E-state index in [9.17, 15) is 0 Å². The molecule has 0 aliphatic carbocycles. The van der Waals surface area contributed by atoms with Crippen molar-refractivity contribution in [1.29, 1.82) is 0 Å². The van der Waals surface area contributed by atoms with E-state index in [4.69, 9.17) is 4.74 Å². The van der Waals surface area contributed by atoms with E-state index >= 15 is 0 Å². The fourth-order valence-corrected chi connectivity index (χ4v) is 1.42. The van der Waals surface area contributed by atoms with E-state index in [1.54, 1.807) is 0 Å². The van der Waals surface area contributed by atoms with Crippen LogP contribution in [0.2, 0.25) is 0 Å². The highest BCUT2D eigenvalue weighted by Crippen LogP contribution is 2.13. The van der Waals surface area contributed by atoms with E-state index in [0.717, 1.165) is 35.0 Å². The predicted molar refractivity (Wildman–Crippen MR) is 36.6 cm³/mol. The molecule has 1 heterocycles. The first-order valence-corrected chi connectivity index (χ1v) is 4.38. The van der Waals surface area contributed by atoms with Crippen molar-refractivity contribution in [3.05, 3.63) is 0 Å². The van der Waals surface area contributed by atoms with Crippen LogP contribution in [0.4, 0.5) is 0 Å². The number of morpholine rings is 1. The lowest BCUT2D eigenvalue weighted by molar-refractivity contribution is 0.0761. The molecule has 0 saturated carbocycles. The zero-order valence-electron chi connectivity index (χ0n) is 5.18. The molecule has 0 amide bonds. The van der Waals surface area contributed by atoms with E-state index in [2.05, 4.69) is 11.3 Å². The van der Waals surface area contributed by atoms with Gasteiger partial charge in [-0.25, -0.2) is 0 Å². The highest BCUT2D eigenvalue weighted by Gasteiger charge is 2.05. The first-order valence-electron chi connectivity index (χ1n) is 2.93. The van der Waals surface area contributed by atoms with Gasteiger partial charge in [0, 0.05) is 13.1 Å². The predicted octanol–water partition coefficient (Wildman–Crippen LogP) is 0.542. The molecular weight excluding hydrogens is 121 g/mol. The molecule has 1 aliphatic heterocycles. The number of hydrogen-bond acceptors (Lipinski definition) is 2. The van der Waals surface area contributed by atoms with Gasteiger partial charge in [0.1, 0.15) is 0 Å². The molecule has 8 heavy (non-hydrogen) atoms. The molecule has 1 unspecified atom stereocenters. The van der Waals surface area contributed by atoms with Crippen molar-refractivity contribution in [3.63, 3.8) is 0 Å². The highest BCUT2D eigenvalue weighted by atomic mass is 31.1. The second-order valence-corrected chi connectivity index (χ2v) is 2.90. The van der Waals surface area contributed by atoms with Gasteiger partial charge in [-0.2, -0.15) is 0 Å². The van der Waals surface area contributed by atoms with Gasteiger partial charge < -0.3 is 4.74 Å². The van der Waals surface area contributed by atoms with Crippen LogP contribution in [-0.2, 0) is 4.74 Å². The van der Waals surface area contributed by atoms with Crippen molar-refractivity contribution < 1.29 is 4.74 Å². The lowest BCUT2D eigenvalue weighted by Crippen LogP contribution is -2.29. The smallest absolute Gasteiger partial charge is 0.0597 e. The molecule has 1 aliphatic rings. The fraction of sp³-hybridized carbons (Fsp3) is 1.00. The van der Waals surface area contributed by atoms with Gasteiger partial charge in [-0.3, -0.25) is 4.67 Å². The Labute approximate surface area is 52.0 Å². The van der Waals surface area contributed by atoms with Gasteiger partial charge in [0.05, 0.1) is 13.2 Å². The normalized spacial score (nSPS) is 25.1. The summed E-state index contributed by atoms with van der Waals surface area (Å²) < 4.78 is 7.58. The van der Waals surface area contributed by atoms with Crippen molar-refractivity contribution in [2.75, 3.05) is 33.0 Å². The zero-order chi connectivity index (χ0) is 5.82. The van der Waals surface area contributed by atoms with Crippen molar-refractivity contribution in [2.24, 2.45) is 0 Å². The topological polar surface area (TPSA) is 12.5 Å². The molecule has 0 N–H and O–H groups in total. The Morgan fingerprint density at radius 2 is 2.00 bits per heavy atom. The summed E-state index contributed by atoms with van der Waals surface area (Å²) in [5.74, 6) is 0. The van der Waals surface area contributed by atoms with E-state index in [1.165, 1.54) is 0 Å². The van der Waals surface area contributed by atoms with Gasteiger partial charge in [0.2, 0.25) is 0 Å². The second-order valence-electron chi connectivity index (χ2n) is 1.82. The lowest BCUT2D eigenvalue weighted by atomic mass is 10.5. The maximum absolute atomic E-state index is 5.16. The Balaban J connectivity index is 2.13. The molecule has 0 spiro atoms. The molecule has 48 valence electrons. The third kappa shape index (κ3) is 1.70. The van der Waals surface area contributed by atoms with E-state index in [-0.39, 0.29) is 0 Å². The van der Waals surface area contributed by atoms with Crippen molar-refractivity contribution in [1.82, 2.24) is 4.67 Å². The lowest BCUT2D eigenvalue weighted by Gasteiger charge is -2.24. The molecule has 0 aromatic carbocycles. The number of ether oxygens (including phenoxy) is 1. The van der Waals surface area contributed by atoms with Crippen LogP contribution in [-0.4, -0.2) is 37.6 Å². The van der Waals surface area contributed by atoms with Gasteiger partial charge in [0.15, 0.2) is 0 Å². The number of nitrogens with zero attached hydrogens (tertiary/aromatic N) is 1. The van der Waals surface area contributed by atoms with Crippen molar-refractivity contribution >= 4 is 8.73 Å². The molecule has 2 nitrogen and oxygen atoms in total. The molecule has 1 atom stereocenters. The minimum atomic E-state index is 0.931. The molecule has 0 aromatic heterocycles. The summed E-state index contributed by atoms with van der Waals surface area (Å²) in [7, 11) is 0.960. The Morgan fingerprint density at radius 3 is 2.38 bits per heavy atom. The Hall–Kier alpha value is 0.350. The van der Waals surface area contributed by atoms with Crippen molar-refractivity contribution in [3.8, 4) is 0 Å². The van der Waals surface area contributed by atoms with Gasteiger partial charge >= 0.3 is 0 Å². The molecule has 3 heteroatoms. The minimum Gasteiger partial charge on any atom is -0.379 e. The van der Waals surface area contributed by atoms with E-state index < -0.39 is 0 Å². The van der Waals surface area contributed by atoms with Crippen LogP contribution in [0.5, 0.6) is 0 Å². The van der Waals surface area contributed by atoms with Gasteiger partial charge in [-0.1, -0.05) is 8.73 Å². The summed E-state index contributed by atoms with van der Waals surface area (Å²) >= 11 is 0. The van der Waals surface area contributed by atoms with E-state index in [1.807, 2.05) is 0 Å². The molecule has 0 bridgehead atoms. The van der Waals surface area contributed by atoms with Crippen LogP contribution in [0.1, 0.15) is 0 Å². The molecule has 1 rings (SSSR count). The van der Waals surface area contributed by atoms with Crippen LogP contribution < -0.4 is 0 Å². The molecule has 0 aromatic rings. The van der Waals surface area contributed by atoms with Crippen LogP contribution >= 0.6 is 8.73 Å². The standard InChI is InChI=1S/C5H12NOP/c1-8-6-2-4-7-5-3-6/h8H,2-5H2,1H3. The second kappa shape index (κ2) is 3.39. The van der Waals surface area contributed by atoms with Gasteiger partial charge in [-0.15, -0.1) is 0 Å². The van der Waals surface area contributed by atoms with Gasteiger partial charge in [-0.05, 0) is 6.66 Å². The summed E-state index contributed by atoms with van der Waals surface area (Å²) in [5.41, 5.74) is 0. The number of hydrogen-bond donors (Lipinski definition) is 0. The van der Waals surface area contributed by atoms with Crippen LogP contribution in [0.25, 0.3) is 0 Å². The third-order valence-corrected chi connectivity index (χ3v) is 2.41. The van der Waals surface area contributed by atoms with Crippen LogP contribution in [0, 0.1) is 0 Å². The average Bonchev–Trinajstić information content (AvgIpc) is 1.90. The quantitative estimate of drug-likeness (QED) is 0.484. The van der Waals surface area contributed by atoms with Crippen LogP contribution in [0.15, 0.2) is 0 Å². The Kier molecular flexibility index (Phi) is 2.74. The summed E-state index contributed by atoms with van der Waals surface area (Å²) in [4.78, 5) is 0. The largest absolute Gasteiger partial charge is 0.379 e. The molecule has 1 saturated heterocycles. The number of rotatable bonds is 1. The average molecular weight is 133 g/mol. The van der Waals surface area contributed by atoms with Gasteiger partial charge in [0.25, 0.3) is 0 Å². The maximum atomic E-state index is 5.16. The summed E-state index contributed by atoms with van der Waals surface area (Å²) in [6, 6.07) is 0. The maximum Gasteiger partial charge on any atom is 0.0597 e. The SMILES string of the molecule is CPN1CCOCC1. The molecular formula is C5H12NOP. The summed E-state index contributed by atoms with van der Waals surface area (Å²) in [6.07, 6.45) is 0. The van der Waals surface area contributed by atoms with E-state index in [0.29, 0.717) is 0 Å². The third-order valence-electron chi connectivity index (χ3n) is 1.33. The minimum absolute atomic E-state index is 0.931. The first kappa shape index (κ1) is 6.47. The summed E-state index contributed by atoms with van der Waals surface area (Å²) in [5, 5.41) is 0. The first-order chi connectivity index (χ1) is 3.93. The zero-order valence-corrected chi connectivity index (χ0v) is 6.18.